The standard InChI is InChI=1S/C15H20N2O3S/c1-3-8-16-14(19)11(2)17-15(20)13-12(7-10-21-13)6-4-5-9-18/h7,10-11,18H,3,5,8-9H2,1-2H3,(H,16,19)(H,17,20). The third-order valence-electron chi connectivity index (χ3n) is 2.62. The number of thiophene rings is 1. The van der Waals surface area contributed by atoms with Crippen LogP contribution in [0.15, 0.2) is 11.4 Å². The van der Waals surface area contributed by atoms with Gasteiger partial charge in [0.1, 0.15) is 10.9 Å². The molecule has 0 bridgehead atoms. The molecule has 1 unspecified atom stereocenters. The molecule has 0 fully saturated rings. The lowest BCUT2D eigenvalue weighted by atomic mass is 10.2. The SMILES string of the molecule is CCCNC(=O)C(C)NC(=O)c1sccc1C#CCCO. The van der Waals surface area contributed by atoms with Crippen molar-refractivity contribution in [1.29, 1.82) is 0 Å². The molecular formula is C15H20N2O3S. The summed E-state index contributed by atoms with van der Waals surface area (Å²) in [5.74, 6) is 5.13. The number of hydrogen-bond donors (Lipinski definition) is 3. The van der Waals surface area contributed by atoms with Crippen molar-refractivity contribution in [3.05, 3.63) is 21.9 Å². The van der Waals surface area contributed by atoms with Crippen LogP contribution in [0.5, 0.6) is 0 Å². The number of hydrogen-bond acceptors (Lipinski definition) is 4. The molecule has 0 aliphatic rings. The van der Waals surface area contributed by atoms with Crippen LogP contribution in [0.2, 0.25) is 0 Å². The Morgan fingerprint density at radius 1 is 1.48 bits per heavy atom. The fourth-order valence-corrected chi connectivity index (χ4v) is 2.28. The molecule has 6 heteroatoms. The first kappa shape index (κ1) is 17.2. The van der Waals surface area contributed by atoms with E-state index in [0.717, 1.165) is 6.42 Å². The van der Waals surface area contributed by atoms with Crippen LogP contribution in [-0.2, 0) is 4.79 Å². The van der Waals surface area contributed by atoms with Gasteiger partial charge in [0.25, 0.3) is 5.91 Å². The van der Waals surface area contributed by atoms with E-state index in [1.807, 2.05) is 6.92 Å². The van der Waals surface area contributed by atoms with E-state index in [1.165, 1.54) is 11.3 Å². The Balaban J connectivity index is 2.66. The van der Waals surface area contributed by atoms with Crippen molar-refractivity contribution in [3.8, 4) is 11.8 Å². The Labute approximate surface area is 128 Å². The van der Waals surface area contributed by atoms with Gasteiger partial charge in [-0.1, -0.05) is 18.8 Å². The van der Waals surface area contributed by atoms with Gasteiger partial charge in [-0.15, -0.1) is 11.3 Å². The lowest BCUT2D eigenvalue weighted by Gasteiger charge is -2.13. The van der Waals surface area contributed by atoms with Crippen LogP contribution < -0.4 is 10.6 Å². The van der Waals surface area contributed by atoms with Gasteiger partial charge in [-0.25, -0.2) is 0 Å². The zero-order chi connectivity index (χ0) is 15.7. The molecule has 0 saturated carbocycles. The van der Waals surface area contributed by atoms with E-state index >= 15 is 0 Å². The Morgan fingerprint density at radius 2 is 2.24 bits per heavy atom. The van der Waals surface area contributed by atoms with Crippen LogP contribution in [0.25, 0.3) is 0 Å². The molecule has 3 N–H and O–H groups in total. The highest BCUT2D eigenvalue weighted by atomic mass is 32.1. The van der Waals surface area contributed by atoms with Crippen LogP contribution in [0, 0.1) is 11.8 Å². The number of aliphatic hydroxyl groups is 1. The van der Waals surface area contributed by atoms with E-state index in [1.54, 1.807) is 18.4 Å². The number of amides is 2. The first-order chi connectivity index (χ1) is 10.1. The van der Waals surface area contributed by atoms with E-state index in [2.05, 4.69) is 22.5 Å². The van der Waals surface area contributed by atoms with Crippen LogP contribution in [0.3, 0.4) is 0 Å². The molecule has 0 aliphatic carbocycles. The van der Waals surface area contributed by atoms with Crippen LogP contribution in [0.4, 0.5) is 0 Å². The minimum Gasteiger partial charge on any atom is -0.395 e. The van der Waals surface area contributed by atoms with Crippen molar-refractivity contribution in [2.45, 2.75) is 32.7 Å². The maximum Gasteiger partial charge on any atom is 0.263 e. The lowest BCUT2D eigenvalue weighted by molar-refractivity contribution is -0.122. The summed E-state index contributed by atoms with van der Waals surface area (Å²) in [7, 11) is 0. The summed E-state index contributed by atoms with van der Waals surface area (Å²) in [5.41, 5.74) is 0.618. The maximum absolute atomic E-state index is 12.2. The molecule has 0 aliphatic heterocycles. The van der Waals surface area contributed by atoms with Gasteiger partial charge in [0.15, 0.2) is 0 Å². The molecule has 1 atom stereocenters. The highest BCUT2D eigenvalue weighted by Crippen LogP contribution is 2.15. The summed E-state index contributed by atoms with van der Waals surface area (Å²) in [6, 6.07) is 1.16. The van der Waals surface area contributed by atoms with Crippen molar-refractivity contribution >= 4 is 23.2 Å². The molecule has 0 saturated heterocycles. The van der Waals surface area contributed by atoms with E-state index in [9.17, 15) is 9.59 Å². The smallest absolute Gasteiger partial charge is 0.263 e. The molecule has 1 rings (SSSR count). The average Bonchev–Trinajstić information content (AvgIpc) is 2.93. The highest BCUT2D eigenvalue weighted by molar-refractivity contribution is 7.12. The second-order valence-electron chi connectivity index (χ2n) is 4.42. The van der Waals surface area contributed by atoms with Crippen molar-refractivity contribution in [1.82, 2.24) is 10.6 Å². The second-order valence-corrected chi connectivity index (χ2v) is 5.34. The first-order valence-corrected chi connectivity index (χ1v) is 7.73. The molecule has 1 aromatic heterocycles. The highest BCUT2D eigenvalue weighted by Gasteiger charge is 2.18. The van der Waals surface area contributed by atoms with Gasteiger partial charge >= 0.3 is 0 Å². The molecular weight excluding hydrogens is 288 g/mol. The summed E-state index contributed by atoms with van der Waals surface area (Å²) in [5, 5.41) is 15.9. The topological polar surface area (TPSA) is 78.4 Å². The maximum atomic E-state index is 12.2. The van der Waals surface area contributed by atoms with Crippen LogP contribution in [-0.4, -0.2) is 36.1 Å². The van der Waals surface area contributed by atoms with Crippen LogP contribution in [0.1, 0.15) is 41.9 Å². The number of carbonyl (C=O) groups excluding carboxylic acids is 2. The van der Waals surface area contributed by atoms with E-state index in [4.69, 9.17) is 5.11 Å². The van der Waals surface area contributed by atoms with E-state index in [0.29, 0.717) is 23.4 Å². The van der Waals surface area contributed by atoms with Gasteiger partial charge < -0.3 is 15.7 Å². The Bertz CT molecular complexity index is 543. The Hall–Kier alpha value is -1.84. The molecule has 1 heterocycles. The van der Waals surface area contributed by atoms with Gasteiger partial charge in [0, 0.05) is 18.5 Å². The van der Waals surface area contributed by atoms with E-state index in [-0.39, 0.29) is 18.4 Å². The first-order valence-electron chi connectivity index (χ1n) is 6.86. The average molecular weight is 308 g/mol. The minimum atomic E-state index is -0.593. The third kappa shape index (κ3) is 5.58. The van der Waals surface area contributed by atoms with E-state index < -0.39 is 6.04 Å². The monoisotopic (exact) mass is 308 g/mol. The number of aliphatic hydroxyl groups excluding tert-OH is 1. The second kappa shape index (κ2) is 9.16. The Kier molecular flexibility index (Phi) is 7.51. The fourth-order valence-electron chi connectivity index (χ4n) is 1.53. The minimum absolute atomic E-state index is 0.00665. The van der Waals surface area contributed by atoms with Crippen molar-refractivity contribution in [3.63, 3.8) is 0 Å². The molecule has 5 nitrogen and oxygen atoms in total. The summed E-state index contributed by atoms with van der Waals surface area (Å²) >= 11 is 1.28. The molecule has 1 aromatic rings. The van der Waals surface area contributed by atoms with Crippen molar-refractivity contribution in [2.75, 3.05) is 13.2 Å². The number of carbonyl (C=O) groups is 2. The lowest BCUT2D eigenvalue weighted by Crippen LogP contribution is -2.44. The predicted octanol–water partition coefficient (Wildman–Crippen LogP) is 1.13. The normalized spacial score (nSPS) is 11.2. The van der Waals surface area contributed by atoms with Gasteiger partial charge in [-0.2, -0.15) is 0 Å². The largest absolute Gasteiger partial charge is 0.395 e. The van der Waals surface area contributed by atoms with Gasteiger partial charge in [-0.05, 0) is 24.8 Å². The Morgan fingerprint density at radius 3 is 2.90 bits per heavy atom. The van der Waals surface area contributed by atoms with Gasteiger partial charge in [0.05, 0.1) is 6.61 Å². The predicted molar refractivity (Wildman–Crippen MR) is 83.1 cm³/mol. The van der Waals surface area contributed by atoms with Crippen molar-refractivity contribution < 1.29 is 14.7 Å². The molecule has 21 heavy (non-hydrogen) atoms. The molecule has 0 aromatic carbocycles. The number of nitrogens with one attached hydrogen (secondary N) is 2. The molecule has 0 spiro atoms. The summed E-state index contributed by atoms with van der Waals surface area (Å²) < 4.78 is 0. The quantitative estimate of drug-likeness (QED) is 0.689. The van der Waals surface area contributed by atoms with Crippen LogP contribution >= 0.6 is 11.3 Å². The molecule has 2 amide bonds. The summed E-state index contributed by atoms with van der Waals surface area (Å²) in [6.07, 6.45) is 1.22. The van der Waals surface area contributed by atoms with Crippen molar-refractivity contribution in [2.24, 2.45) is 0 Å². The van der Waals surface area contributed by atoms with Gasteiger partial charge in [0.2, 0.25) is 5.91 Å². The summed E-state index contributed by atoms with van der Waals surface area (Å²) in [6.45, 7) is 4.20. The fraction of sp³-hybridized carbons (Fsp3) is 0.467. The molecule has 0 radical (unpaired) electrons. The zero-order valence-electron chi connectivity index (χ0n) is 12.2. The zero-order valence-corrected chi connectivity index (χ0v) is 13.0. The van der Waals surface area contributed by atoms with Gasteiger partial charge in [-0.3, -0.25) is 9.59 Å². The summed E-state index contributed by atoms with van der Waals surface area (Å²) in [4.78, 5) is 24.4. The number of rotatable bonds is 6. The third-order valence-corrected chi connectivity index (χ3v) is 3.53. The molecule has 114 valence electrons.